The quantitative estimate of drug-likeness (QED) is 0.940. The Morgan fingerprint density at radius 2 is 2.17 bits per heavy atom. The molecular formula is C13H13BrN2O2. The number of aromatic nitrogens is 2. The van der Waals surface area contributed by atoms with Crippen LogP contribution >= 0.6 is 15.9 Å². The molecule has 0 atom stereocenters. The first kappa shape index (κ1) is 13.0. The fraction of sp³-hybridized carbons (Fsp3) is 0.308. The lowest BCUT2D eigenvalue weighted by molar-refractivity contribution is 0.0692. The Morgan fingerprint density at radius 1 is 1.39 bits per heavy atom. The molecule has 0 unspecified atom stereocenters. The van der Waals surface area contributed by atoms with Crippen molar-refractivity contribution in [2.24, 2.45) is 0 Å². The number of hydrogen-bond acceptors (Lipinski definition) is 3. The first-order valence-corrected chi connectivity index (χ1v) is 6.60. The van der Waals surface area contributed by atoms with Gasteiger partial charge in [0, 0.05) is 16.3 Å². The number of halogens is 1. The van der Waals surface area contributed by atoms with E-state index in [1.54, 1.807) is 12.1 Å². The highest BCUT2D eigenvalue weighted by atomic mass is 79.9. The Kier molecular flexibility index (Phi) is 3.91. The van der Waals surface area contributed by atoms with E-state index in [-0.39, 0.29) is 5.69 Å². The van der Waals surface area contributed by atoms with E-state index in [0.717, 1.165) is 17.3 Å². The van der Waals surface area contributed by atoms with E-state index < -0.39 is 5.97 Å². The lowest BCUT2D eigenvalue weighted by Gasteiger charge is -2.05. The summed E-state index contributed by atoms with van der Waals surface area (Å²) in [5.41, 5.74) is 0.751. The Morgan fingerprint density at radius 3 is 2.83 bits per heavy atom. The SMILES string of the molecule is CCCCc1nc(C(=O)O)c2ccc(Br)cc2n1. The van der Waals surface area contributed by atoms with Crippen LogP contribution in [0.15, 0.2) is 22.7 Å². The van der Waals surface area contributed by atoms with Crippen molar-refractivity contribution in [3.05, 3.63) is 34.2 Å². The van der Waals surface area contributed by atoms with Gasteiger partial charge >= 0.3 is 5.97 Å². The van der Waals surface area contributed by atoms with Gasteiger partial charge in [0.25, 0.3) is 0 Å². The maximum Gasteiger partial charge on any atom is 0.355 e. The molecule has 0 fully saturated rings. The number of benzene rings is 1. The molecule has 2 rings (SSSR count). The van der Waals surface area contributed by atoms with Crippen LogP contribution in [0.25, 0.3) is 10.9 Å². The van der Waals surface area contributed by atoms with Gasteiger partial charge in [-0.1, -0.05) is 29.3 Å². The third kappa shape index (κ3) is 2.67. The molecule has 94 valence electrons. The Balaban J connectivity index is 2.59. The lowest BCUT2D eigenvalue weighted by Crippen LogP contribution is -2.07. The average molecular weight is 309 g/mol. The predicted octanol–water partition coefficient (Wildman–Crippen LogP) is 3.43. The van der Waals surface area contributed by atoms with E-state index in [1.807, 2.05) is 6.07 Å². The van der Waals surface area contributed by atoms with Gasteiger partial charge in [-0.25, -0.2) is 14.8 Å². The van der Waals surface area contributed by atoms with Crippen LogP contribution in [0.2, 0.25) is 0 Å². The lowest BCUT2D eigenvalue weighted by atomic mass is 10.1. The number of carbonyl (C=O) groups is 1. The average Bonchev–Trinajstić information content (AvgIpc) is 2.34. The van der Waals surface area contributed by atoms with Crippen molar-refractivity contribution < 1.29 is 9.90 Å². The minimum Gasteiger partial charge on any atom is -0.476 e. The molecule has 18 heavy (non-hydrogen) atoms. The van der Waals surface area contributed by atoms with Gasteiger partial charge in [-0.3, -0.25) is 0 Å². The summed E-state index contributed by atoms with van der Waals surface area (Å²) in [6.45, 7) is 2.08. The summed E-state index contributed by atoms with van der Waals surface area (Å²) >= 11 is 3.36. The molecule has 0 saturated carbocycles. The summed E-state index contributed by atoms with van der Waals surface area (Å²) in [5, 5.41) is 9.77. The zero-order valence-corrected chi connectivity index (χ0v) is 11.6. The zero-order valence-electron chi connectivity index (χ0n) is 9.98. The van der Waals surface area contributed by atoms with Crippen LogP contribution in [0.5, 0.6) is 0 Å². The van der Waals surface area contributed by atoms with Crippen LogP contribution < -0.4 is 0 Å². The Hall–Kier alpha value is -1.49. The van der Waals surface area contributed by atoms with Gasteiger partial charge in [0.2, 0.25) is 0 Å². The van der Waals surface area contributed by atoms with Gasteiger partial charge in [0.05, 0.1) is 5.52 Å². The molecule has 2 aromatic rings. The molecule has 1 heterocycles. The summed E-state index contributed by atoms with van der Waals surface area (Å²) in [6, 6.07) is 5.34. The molecule has 4 nitrogen and oxygen atoms in total. The van der Waals surface area contributed by atoms with E-state index in [0.29, 0.717) is 23.1 Å². The summed E-state index contributed by atoms with van der Waals surface area (Å²) in [7, 11) is 0. The molecular weight excluding hydrogens is 296 g/mol. The van der Waals surface area contributed by atoms with Crippen molar-refractivity contribution in [3.63, 3.8) is 0 Å². The van der Waals surface area contributed by atoms with Gasteiger partial charge in [0.15, 0.2) is 5.69 Å². The fourth-order valence-electron chi connectivity index (χ4n) is 1.76. The highest BCUT2D eigenvalue weighted by Crippen LogP contribution is 2.21. The number of aromatic carboxylic acids is 1. The van der Waals surface area contributed by atoms with Gasteiger partial charge in [-0.15, -0.1) is 0 Å². The first-order valence-electron chi connectivity index (χ1n) is 5.81. The minimum atomic E-state index is -1.01. The molecule has 0 saturated heterocycles. The highest BCUT2D eigenvalue weighted by Gasteiger charge is 2.13. The Labute approximate surface area is 113 Å². The molecule has 0 bridgehead atoms. The topological polar surface area (TPSA) is 63.1 Å². The van der Waals surface area contributed by atoms with Crippen molar-refractivity contribution in [1.29, 1.82) is 0 Å². The van der Waals surface area contributed by atoms with E-state index >= 15 is 0 Å². The summed E-state index contributed by atoms with van der Waals surface area (Å²) in [4.78, 5) is 19.8. The molecule has 1 N–H and O–H groups in total. The maximum atomic E-state index is 11.2. The summed E-state index contributed by atoms with van der Waals surface area (Å²) in [5.74, 6) is -0.415. The van der Waals surface area contributed by atoms with Crippen molar-refractivity contribution in [3.8, 4) is 0 Å². The number of carboxylic acid groups (broad SMARTS) is 1. The summed E-state index contributed by atoms with van der Waals surface area (Å²) in [6.07, 6.45) is 2.69. The van der Waals surface area contributed by atoms with Crippen molar-refractivity contribution in [2.45, 2.75) is 26.2 Å². The largest absolute Gasteiger partial charge is 0.476 e. The van der Waals surface area contributed by atoms with Crippen LogP contribution in [-0.2, 0) is 6.42 Å². The molecule has 0 aliphatic carbocycles. The van der Waals surface area contributed by atoms with Crippen LogP contribution in [-0.4, -0.2) is 21.0 Å². The summed E-state index contributed by atoms with van der Waals surface area (Å²) < 4.78 is 0.881. The second-order valence-corrected chi connectivity index (χ2v) is 4.97. The molecule has 0 radical (unpaired) electrons. The number of fused-ring (bicyclic) bond motifs is 1. The van der Waals surface area contributed by atoms with E-state index in [2.05, 4.69) is 32.8 Å². The number of carboxylic acids is 1. The van der Waals surface area contributed by atoms with E-state index in [4.69, 9.17) is 0 Å². The molecule has 1 aromatic carbocycles. The number of hydrogen-bond donors (Lipinski definition) is 1. The number of unbranched alkanes of at least 4 members (excludes halogenated alkanes) is 1. The van der Waals surface area contributed by atoms with Crippen molar-refractivity contribution >= 4 is 32.8 Å². The normalized spacial score (nSPS) is 10.8. The second kappa shape index (κ2) is 5.44. The number of nitrogens with zero attached hydrogens (tertiary/aromatic N) is 2. The zero-order chi connectivity index (χ0) is 13.1. The third-order valence-electron chi connectivity index (χ3n) is 2.66. The molecule has 0 amide bonds. The first-order chi connectivity index (χ1) is 8.61. The molecule has 0 aliphatic heterocycles. The van der Waals surface area contributed by atoms with Crippen molar-refractivity contribution in [1.82, 2.24) is 9.97 Å². The Bertz CT molecular complexity index is 599. The highest BCUT2D eigenvalue weighted by molar-refractivity contribution is 9.10. The number of aryl methyl sites for hydroxylation is 1. The van der Waals surface area contributed by atoms with Gasteiger partial charge in [-0.05, 0) is 24.6 Å². The van der Waals surface area contributed by atoms with Gasteiger partial charge in [-0.2, -0.15) is 0 Å². The van der Waals surface area contributed by atoms with Crippen molar-refractivity contribution in [2.75, 3.05) is 0 Å². The monoisotopic (exact) mass is 308 g/mol. The smallest absolute Gasteiger partial charge is 0.355 e. The fourth-order valence-corrected chi connectivity index (χ4v) is 2.11. The third-order valence-corrected chi connectivity index (χ3v) is 3.16. The molecule has 0 spiro atoms. The minimum absolute atomic E-state index is 0.0820. The van der Waals surface area contributed by atoms with E-state index in [9.17, 15) is 9.90 Å². The van der Waals surface area contributed by atoms with E-state index in [1.165, 1.54) is 0 Å². The second-order valence-electron chi connectivity index (χ2n) is 4.06. The van der Waals surface area contributed by atoms with Crippen LogP contribution in [0, 0.1) is 0 Å². The van der Waals surface area contributed by atoms with Crippen LogP contribution in [0.4, 0.5) is 0 Å². The standard InChI is InChI=1S/C13H13BrN2O2/c1-2-3-4-11-15-10-7-8(14)5-6-9(10)12(16-11)13(17)18/h5-7H,2-4H2,1H3,(H,17,18). The molecule has 0 aliphatic rings. The predicted molar refractivity (Wildman–Crippen MR) is 72.8 cm³/mol. The number of rotatable bonds is 4. The molecule has 5 heteroatoms. The van der Waals surface area contributed by atoms with Crippen LogP contribution in [0.1, 0.15) is 36.1 Å². The van der Waals surface area contributed by atoms with Gasteiger partial charge in [0.1, 0.15) is 5.82 Å². The van der Waals surface area contributed by atoms with Crippen LogP contribution in [0.3, 0.4) is 0 Å². The maximum absolute atomic E-state index is 11.2. The van der Waals surface area contributed by atoms with Gasteiger partial charge < -0.3 is 5.11 Å². The molecule has 1 aromatic heterocycles.